The second-order valence-electron chi connectivity index (χ2n) is 0. The molecule has 0 rings (SSSR count). The van der Waals surface area contributed by atoms with Crippen LogP contribution >= 0.6 is 0 Å². The van der Waals surface area contributed by atoms with E-state index in [0.29, 0.717) is 0 Å². The van der Waals surface area contributed by atoms with E-state index in [1.165, 1.54) is 0 Å². The van der Waals surface area contributed by atoms with Gasteiger partial charge in [0.15, 0.2) is 0 Å². The van der Waals surface area contributed by atoms with Crippen LogP contribution in [0.2, 0.25) is 0 Å². The maximum Gasteiger partial charge on any atom is 2.00 e. The molecular formula is H2Ca2Cl4Mg. The predicted molar refractivity (Wildman–Crippen MR) is 19.5 cm³/mol. The van der Waals surface area contributed by atoms with Gasteiger partial charge in [0.1, 0.15) is 0 Å². The van der Waals surface area contributed by atoms with Crippen molar-refractivity contribution in [2.24, 2.45) is 0 Å². The average Bonchev–Trinajstić information content (AvgIpc) is 0. The van der Waals surface area contributed by atoms with Crippen LogP contribution in [0.5, 0.6) is 0 Å². The summed E-state index contributed by atoms with van der Waals surface area (Å²) in [6.07, 6.45) is 0. The van der Waals surface area contributed by atoms with E-state index in [9.17, 15) is 0 Å². The van der Waals surface area contributed by atoms with Gasteiger partial charge in [-0.2, -0.15) is 0 Å². The molecule has 0 spiro atoms. The van der Waals surface area contributed by atoms with Crippen molar-refractivity contribution in [3.8, 4) is 0 Å². The largest absolute Gasteiger partial charge is 2.00 e. The van der Waals surface area contributed by atoms with Crippen molar-refractivity contribution in [2.75, 3.05) is 0 Å². The van der Waals surface area contributed by atoms with Gasteiger partial charge in [-0.25, -0.2) is 0 Å². The summed E-state index contributed by atoms with van der Waals surface area (Å²) in [4.78, 5) is 0. The van der Waals surface area contributed by atoms with Gasteiger partial charge in [-0.3, -0.25) is 0 Å². The van der Waals surface area contributed by atoms with Gasteiger partial charge < -0.3 is 52.5 Å². The fourth-order valence-corrected chi connectivity index (χ4v) is 0. The molecule has 0 saturated carbocycles. The molecule has 0 aromatic heterocycles. The van der Waals surface area contributed by atoms with E-state index in [4.69, 9.17) is 0 Å². The Balaban J connectivity index is 0. The van der Waals surface area contributed by atoms with Crippen molar-refractivity contribution in [1.82, 2.24) is 0 Å². The third-order valence-electron chi connectivity index (χ3n) is 0. The fourth-order valence-electron chi connectivity index (χ4n) is 0. The van der Waals surface area contributed by atoms with E-state index in [2.05, 4.69) is 0 Å². The Kier molecular flexibility index (Phi) is 426. The summed E-state index contributed by atoms with van der Waals surface area (Å²) in [6.45, 7) is 0. The van der Waals surface area contributed by atoms with Crippen molar-refractivity contribution in [3.05, 3.63) is 0 Å². The van der Waals surface area contributed by atoms with Gasteiger partial charge in [0.05, 0.1) is 0 Å². The minimum atomic E-state index is 0. The van der Waals surface area contributed by atoms with Gasteiger partial charge in [0.2, 0.25) is 0 Å². The van der Waals surface area contributed by atoms with Crippen LogP contribution in [-0.4, -0.2) is 98.5 Å². The maximum atomic E-state index is 0. The molecule has 0 N–H and O–H groups in total. The van der Waals surface area contributed by atoms with Gasteiger partial charge >= 0.3 is 98.5 Å². The summed E-state index contributed by atoms with van der Waals surface area (Å²) in [5.74, 6) is 0. The van der Waals surface area contributed by atoms with Gasteiger partial charge in [0.25, 0.3) is 0 Å². The van der Waals surface area contributed by atoms with Crippen molar-refractivity contribution < 1.29 is 52.5 Å². The first-order chi connectivity index (χ1) is 0. The van der Waals surface area contributed by atoms with E-state index in [1.807, 2.05) is 0 Å². The third-order valence-corrected chi connectivity index (χ3v) is 0. The molecule has 0 nitrogen and oxygen atoms in total. The molecule has 0 aliphatic heterocycles. The molecular weight excluding hydrogens is 246 g/mol. The molecule has 0 bridgehead atoms. The molecule has 7 heteroatoms. The minimum Gasteiger partial charge on any atom is -1.00 e. The minimum absolute atomic E-state index is 0. The molecule has 0 amide bonds. The standard InChI is InChI=1S/2Ca.4ClH.Mg.2H/h;;4*1H;;;/q2*+2;;;;;+2;2*-1/p-4. The van der Waals surface area contributed by atoms with E-state index >= 15 is 0 Å². The SMILES string of the molecule is [Ca+2].[Ca+2].[Cl-].[Cl-].[Cl-].[Cl-].[H-].[H-].[Mg+2]. The average molecular weight is 248 g/mol. The Hall–Kier alpha value is 4.45. The molecule has 0 unspecified atom stereocenters. The molecule has 36 valence electrons. The Bertz CT molecular complexity index is 16.5. The van der Waals surface area contributed by atoms with Crippen molar-refractivity contribution in [2.45, 2.75) is 0 Å². The molecule has 0 aliphatic rings. The van der Waals surface area contributed by atoms with Gasteiger partial charge in [-0.1, -0.05) is 0 Å². The molecule has 0 atom stereocenters. The molecule has 7 heavy (non-hydrogen) atoms. The molecule has 0 aliphatic carbocycles. The Morgan fingerprint density at radius 1 is 0.571 bits per heavy atom. The Morgan fingerprint density at radius 2 is 0.571 bits per heavy atom. The first kappa shape index (κ1) is 63.2. The molecule has 0 aromatic carbocycles. The molecule has 0 aromatic rings. The molecule has 0 saturated heterocycles. The molecule has 0 heterocycles. The van der Waals surface area contributed by atoms with Crippen LogP contribution in [0, 0.1) is 0 Å². The van der Waals surface area contributed by atoms with Crippen LogP contribution < -0.4 is 49.6 Å². The fraction of sp³-hybridized carbons (Fsp3) is 0. The van der Waals surface area contributed by atoms with Crippen molar-refractivity contribution in [1.29, 1.82) is 0 Å². The summed E-state index contributed by atoms with van der Waals surface area (Å²) >= 11 is 0. The summed E-state index contributed by atoms with van der Waals surface area (Å²) in [7, 11) is 0. The van der Waals surface area contributed by atoms with E-state index in [0.717, 1.165) is 0 Å². The van der Waals surface area contributed by atoms with Crippen LogP contribution in [0.1, 0.15) is 2.85 Å². The summed E-state index contributed by atoms with van der Waals surface area (Å²) in [5.41, 5.74) is 0. The second-order valence-corrected chi connectivity index (χ2v) is 0. The summed E-state index contributed by atoms with van der Waals surface area (Å²) in [5, 5.41) is 0. The monoisotopic (exact) mass is 246 g/mol. The summed E-state index contributed by atoms with van der Waals surface area (Å²) in [6, 6.07) is 0. The number of halogens is 4. The zero-order valence-electron chi connectivity index (χ0n) is 5.63. The number of hydrogen-bond donors (Lipinski definition) is 0. The topological polar surface area (TPSA) is 0 Å². The molecule has 0 fully saturated rings. The maximum absolute atomic E-state index is 0. The van der Waals surface area contributed by atoms with Crippen LogP contribution in [0.25, 0.3) is 0 Å². The zero-order valence-corrected chi connectivity index (χ0v) is 12.5. The number of hydrogen-bond acceptors (Lipinski definition) is 0. The van der Waals surface area contributed by atoms with Crippen LogP contribution in [0.4, 0.5) is 0 Å². The smallest absolute Gasteiger partial charge is 1.00 e. The Labute approximate surface area is 147 Å². The number of rotatable bonds is 0. The van der Waals surface area contributed by atoms with Crippen molar-refractivity contribution in [3.63, 3.8) is 0 Å². The van der Waals surface area contributed by atoms with Gasteiger partial charge in [0, 0.05) is 0 Å². The normalized spacial score (nSPS) is 0. The van der Waals surface area contributed by atoms with E-state index < -0.39 is 0 Å². The first-order valence-corrected chi connectivity index (χ1v) is 0. The van der Waals surface area contributed by atoms with Crippen LogP contribution in [0.15, 0.2) is 0 Å². The van der Waals surface area contributed by atoms with Crippen LogP contribution in [-0.2, 0) is 0 Å². The zero-order chi connectivity index (χ0) is 0. The third kappa shape index (κ3) is 37.7. The first-order valence-electron chi connectivity index (χ1n) is 0. The van der Waals surface area contributed by atoms with E-state index in [1.54, 1.807) is 0 Å². The molecule has 0 radical (unpaired) electrons. The Morgan fingerprint density at radius 3 is 0.571 bits per heavy atom. The summed E-state index contributed by atoms with van der Waals surface area (Å²) < 4.78 is 0. The van der Waals surface area contributed by atoms with Crippen LogP contribution in [0.3, 0.4) is 0 Å². The van der Waals surface area contributed by atoms with Gasteiger partial charge in [-0.15, -0.1) is 0 Å². The second kappa shape index (κ2) is 47.2. The van der Waals surface area contributed by atoms with Crippen molar-refractivity contribution >= 4 is 98.5 Å². The van der Waals surface area contributed by atoms with E-state index in [-0.39, 0.29) is 151 Å². The predicted octanol–water partition coefficient (Wildman–Crippen LogP) is -12.9. The quantitative estimate of drug-likeness (QED) is 0.374. The van der Waals surface area contributed by atoms with Gasteiger partial charge in [-0.05, 0) is 0 Å².